The number of unbranched alkanes of at least 4 members (excludes halogenated alkanes) is 17. The van der Waals surface area contributed by atoms with E-state index in [9.17, 15) is 0 Å². The van der Waals surface area contributed by atoms with E-state index in [1.165, 1.54) is 126 Å². The van der Waals surface area contributed by atoms with Gasteiger partial charge in [-0.15, -0.1) is 11.3 Å². The van der Waals surface area contributed by atoms with Crippen LogP contribution in [0.25, 0.3) is 10.4 Å². The van der Waals surface area contributed by atoms with Crippen molar-refractivity contribution in [3.63, 3.8) is 0 Å². The fraction of sp³-hybridized carbons (Fsp3) is 0.667. The summed E-state index contributed by atoms with van der Waals surface area (Å²) in [7, 11) is 0. The molecule has 2 aromatic rings. The number of rotatable bonds is 21. The van der Waals surface area contributed by atoms with Crippen molar-refractivity contribution in [1.82, 2.24) is 0 Å². The van der Waals surface area contributed by atoms with Crippen molar-refractivity contribution in [2.24, 2.45) is 0 Å². The second kappa shape index (κ2) is 19.2. The van der Waals surface area contributed by atoms with Crippen molar-refractivity contribution in [1.29, 1.82) is 0 Å². The van der Waals surface area contributed by atoms with Gasteiger partial charge in [-0.05, 0) is 23.4 Å². The Morgan fingerprint density at radius 2 is 1.03 bits per heavy atom. The summed E-state index contributed by atoms with van der Waals surface area (Å²) in [6.07, 6.45) is 25.5. The molecule has 1 heterocycles. The van der Waals surface area contributed by atoms with Gasteiger partial charge in [0.2, 0.25) is 0 Å². The van der Waals surface area contributed by atoms with E-state index < -0.39 is 0 Å². The third kappa shape index (κ3) is 12.7. The van der Waals surface area contributed by atoms with Crippen LogP contribution in [-0.2, 0) is 0 Å². The molecule has 180 valence electrons. The van der Waals surface area contributed by atoms with Crippen molar-refractivity contribution in [2.45, 2.75) is 122 Å². The molecule has 2 heteroatoms. The minimum absolute atomic E-state index is 0.843. The van der Waals surface area contributed by atoms with Crippen molar-refractivity contribution in [2.75, 3.05) is 6.61 Å². The highest BCUT2D eigenvalue weighted by molar-refractivity contribution is 7.14. The Labute approximate surface area is 203 Å². The normalized spacial score (nSPS) is 11.2. The highest BCUT2D eigenvalue weighted by Crippen LogP contribution is 2.35. The highest BCUT2D eigenvalue weighted by Gasteiger charge is 2.07. The molecule has 0 bridgehead atoms. The van der Waals surface area contributed by atoms with Gasteiger partial charge in [0.1, 0.15) is 5.75 Å². The molecule has 0 aliphatic rings. The molecule has 0 N–H and O–H groups in total. The molecule has 2 rings (SSSR count). The molecule has 0 unspecified atom stereocenters. The van der Waals surface area contributed by atoms with Crippen LogP contribution in [0.2, 0.25) is 0 Å². The molecule has 1 aromatic heterocycles. The predicted octanol–water partition coefficient (Wildman–Crippen LogP) is 10.8. The molecular formula is C30H48OS. The van der Waals surface area contributed by atoms with Crippen LogP contribution in [0.4, 0.5) is 0 Å². The highest BCUT2D eigenvalue weighted by atomic mass is 32.1. The van der Waals surface area contributed by atoms with Crippen LogP contribution in [0, 0.1) is 0 Å². The Morgan fingerprint density at radius 1 is 0.562 bits per heavy atom. The first-order valence-electron chi connectivity index (χ1n) is 13.7. The first-order valence-corrected chi connectivity index (χ1v) is 14.6. The summed E-state index contributed by atoms with van der Waals surface area (Å²) in [5.41, 5.74) is 1.26. The topological polar surface area (TPSA) is 9.23 Å². The Bertz CT molecular complexity index is 648. The molecule has 0 saturated heterocycles. The van der Waals surface area contributed by atoms with Gasteiger partial charge in [0.05, 0.1) is 11.5 Å². The molecule has 1 aromatic carbocycles. The van der Waals surface area contributed by atoms with E-state index in [1.54, 1.807) is 11.3 Å². The summed E-state index contributed by atoms with van der Waals surface area (Å²) < 4.78 is 6.07. The third-order valence-electron chi connectivity index (χ3n) is 6.42. The Balaban J connectivity index is 1.32. The maximum Gasteiger partial charge on any atom is 0.137 e. The number of benzene rings is 1. The Kier molecular flexibility index (Phi) is 16.2. The van der Waals surface area contributed by atoms with Gasteiger partial charge >= 0.3 is 0 Å². The lowest BCUT2D eigenvalue weighted by atomic mass is 10.0. The molecule has 0 aliphatic heterocycles. The lowest BCUT2D eigenvalue weighted by Gasteiger charge is -2.07. The average Bonchev–Trinajstić information content (AvgIpc) is 3.30. The van der Waals surface area contributed by atoms with Crippen molar-refractivity contribution >= 4 is 11.3 Å². The van der Waals surface area contributed by atoms with Crippen LogP contribution < -0.4 is 4.74 Å². The fourth-order valence-electron chi connectivity index (χ4n) is 4.40. The van der Waals surface area contributed by atoms with E-state index in [1.807, 2.05) is 0 Å². The monoisotopic (exact) mass is 456 g/mol. The number of thiophene rings is 1. The summed E-state index contributed by atoms with van der Waals surface area (Å²) in [4.78, 5) is 1.26. The van der Waals surface area contributed by atoms with Gasteiger partial charge in [-0.1, -0.05) is 146 Å². The van der Waals surface area contributed by atoms with E-state index in [4.69, 9.17) is 4.74 Å². The summed E-state index contributed by atoms with van der Waals surface area (Å²) in [6, 6.07) is 12.7. The maximum atomic E-state index is 6.07. The van der Waals surface area contributed by atoms with E-state index in [0.717, 1.165) is 12.4 Å². The average molecular weight is 457 g/mol. The van der Waals surface area contributed by atoms with Crippen LogP contribution in [-0.4, -0.2) is 6.61 Å². The molecular weight excluding hydrogens is 408 g/mol. The first-order chi connectivity index (χ1) is 15.9. The summed E-state index contributed by atoms with van der Waals surface area (Å²) in [5.74, 6) is 1.05. The van der Waals surface area contributed by atoms with Crippen molar-refractivity contribution in [3.05, 3.63) is 41.8 Å². The van der Waals surface area contributed by atoms with E-state index in [2.05, 4.69) is 48.7 Å². The largest absolute Gasteiger partial charge is 0.492 e. The molecule has 0 atom stereocenters. The second-order valence-electron chi connectivity index (χ2n) is 9.34. The van der Waals surface area contributed by atoms with Crippen LogP contribution >= 0.6 is 11.3 Å². The molecule has 0 aliphatic carbocycles. The second-order valence-corrected chi connectivity index (χ2v) is 10.3. The van der Waals surface area contributed by atoms with Crippen molar-refractivity contribution < 1.29 is 4.74 Å². The number of hydrogen-bond donors (Lipinski definition) is 0. The molecule has 0 fully saturated rings. The zero-order chi connectivity index (χ0) is 22.5. The van der Waals surface area contributed by atoms with Crippen LogP contribution in [0.15, 0.2) is 41.8 Å². The van der Waals surface area contributed by atoms with Gasteiger partial charge in [-0.25, -0.2) is 0 Å². The lowest BCUT2D eigenvalue weighted by molar-refractivity contribution is 0.306. The Hall–Kier alpha value is -1.28. The molecule has 0 spiro atoms. The van der Waals surface area contributed by atoms with E-state index >= 15 is 0 Å². The molecule has 32 heavy (non-hydrogen) atoms. The zero-order valence-electron chi connectivity index (χ0n) is 20.8. The van der Waals surface area contributed by atoms with Crippen LogP contribution in [0.5, 0.6) is 5.75 Å². The quantitative estimate of drug-likeness (QED) is 0.170. The number of hydrogen-bond acceptors (Lipinski definition) is 2. The third-order valence-corrected chi connectivity index (χ3v) is 7.37. The SMILES string of the molecule is CCCCCCCCCCCCCCCCCCCCOc1ccsc1-c1ccccc1. The zero-order valence-corrected chi connectivity index (χ0v) is 21.6. The van der Waals surface area contributed by atoms with Crippen LogP contribution in [0.1, 0.15) is 122 Å². The van der Waals surface area contributed by atoms with E-state index in [0.29, 0.717) is 0 Å². The van der Waals surface area contributed by atoms with Gasteiger partial charge in [-0.3, -0.25) is 0 Å². The first kappa shape index (κ1) is 27.0. The Morgan fingerprint density at radius 3 is 1.53 bits per heavy atom. The van der Waals surface area contributed by atoms with Gasteiger partial charge in [0.25, 0.3) is 0 Å². The molecule has 0 radical (unpaired) electrons. The minimum Gasteiger partial charge on any atom is -0.492 e. The summed E-state index contributed by atoms with van der Waals surface area (Å²) >= 11 is 1.77. The van der Waals surface area contributed by atoms with Crippen LogP contribution in [0.3, 0.4) is 0 Å². The van der Waals surface area contributed by atoms with Gasteiger partial charge in [0, 0.05) is 0 Å². The molecule has 0 saturated carbocycles. The summed E-state index contributed by atoms with van der Waals surface area (Å²) in [6.45, 7) is 3.14. The smallest absolute Gasteiger partial charge is 0.137 e. The van der Waals surface area contributed by atoms with Crippen molar-refractivity contribution in [3.8, 4) is 16.2 Å². The van der Waals surface area contributed by atoms with Gasteiger partial charge in [-0.2, -0.15) is 0 Å². The summed E-state index contributed by atoms with van der Waals surface area (Å²) in [5, 5.41) is 2.13. The molecule has 0 amide bonds. The van der Waals surface area contributed by atoms with Gasteiger partial charge < -0.3 is 4.74 Å². The predicted molar refractivity (Wildman–Crippen MR) is 144 cm³/mol. The van der Waals surface area contributed by atoms with E-state index in [-0.39, 0.29) is 0 Å². The molecule has 1 nitrogen and oxygen atoms in total. The standard InChI is InChI=1S/C30H48OS/c1-2-3-4-5-6-7-8-9-10-11-12-13-14-15-16-17-18-22-26-31-29-25-27-32-30(29)28-23-20-19-21-24-28/h19-21,23-25,27H,2-18,22,26H2,1H3. The van der Waals surface area contributed by atoms with Gasteiger partial charge in [0.15, 0.2) is 0 Å². The minimum atomic E-state index is 0.843. The number of ether oxygens (including phenoxy) is 1. The lowest BCUT2D eigenvalue weighted by Crippen LogP contribution is -1.97. The maximum absolute atomic E-state index is 6.07. The fourth-order valence-corrected chi connectivity index (χ4v) is 5.24.